The highest BCUT2D eigenvalue weighted by Crippen LogP contribution is 2.17. The van der Waals surface area contributed by atoms with Crippen molar-refractivity contribution in [2.24, 2.45) is 0 Å². The second kappa shape index (κ2) is 7.13. The van der Waals surface area contributed by atoms with E-state index in [4.69, 9.17) is 0 Å². The molecule has 0 saturated carbocycles. The van der Waals surface area contributed by atoms with Crippen LogP contribution < -0.4 is 0 Å². The van der Waals surface area contributed by atoms with Crippen molar-refractivity contribution in [2.75, 3.05) is 0 Å². The monoisotopic (exact) mass is 230 g/mol. The summed E-state index contributed by atoms with van der Waals surface area (Å²) in [6, 6.07) is 20.8. The van der Waals surface area contributed by atoms with E-state index in [0.717, 1.165) is 0 Å². The molecule has 0 radical (unpaired) electrons. The Bertz CT molecular complexity index is 338. The average Bonchev–Trinajstić information content (AvgIpc) is 2.31. The highest BCUT2D eigenvalue weighted by molar-refractivity contribution is 7.80. The molecule has 0 nitrogen and oxygen atoms in total. The predicted molar refractivity (Wildman–Crippen MR) is 76.0 cm³/mol. The van der Waals surface area contributed by atoms with Crippen LogP contribution in [0, 0.1) is 0 Å². The molecule has 0 aliphatic carbocycles. The number of benzene rings is 2. The van der Waals surface area contributed by atoms with Crippen LogP contribution in [0.25, 0.3) is 11.1 Å². The molecule has 0 aliphatic heterocycles. The van der Waals surface area contributed by atoms with Gasteiger partial charge in [-0.2, -0.15) is 12.6 Å². The Morgan fingerprint density at radius 2 is 0.938 bits per heavy atom. The fraction of sp³-hybridized carbons (Fsp3) is 0.200. The minimum atomic E-state index is 0.528. The van der Waals surface area contributed by atoms with Gasteiger partial charge in [0.1, 0.15) is 0 Å². The van der Waals surface area contributed by atoms with Crippen molar-refractivity contribution in [1.29, 1.82) is 0 Å². The van der Waals surface area contributed by atoms with Gasteiger partial charge in [0.15, 0.2) is 0 Å². The minimum absolute atomic E-state index is 0.528. The van der Waals surface area contributed by atoms with Gasteiger partial charge in [0, 0.05) is 0 Å². The van der Waals surface area contributed by atoms with Crippen LogP contribution in [0.3, 0.4) is 0 Å². The maximum Gasteiger partial charge on any atom is -0.00399 e. The van der Waals surface area contributed by atoms with E-state index in [9.17, 15) is 0 Å². The molecule has 0 atom stereocenters. The van der Waals surface area contributed by atoms with Gasteiger partial charge in [-0.25, -0.2) is 0 Å². The smallest absolute Gasteiger partial charge is 0.00399 e. The number of hydrogen-bond donors (Lipinski definition) is 1. The normalized spacial score (nSPS) is 9.50. The summed E-state index contributed by atoms with van der Waals surface area (Å²) in [6.45, 7) is 4.06. The third-order valence-corrected chi connectivity index (χ3v) is 1.88. The van der Waals surface area contributed by atoms with Gasteiger partial charge in [0.05, 0.1) is 0 Å². The van der Waals surface area contributed by atoms with E-state index in [1.165, 1.54) is 11.1 Å². The molecule has 0 fully saturated rings. The summed E-state index contributed by atoms with van der Waals surface area (Å²) in [6.07, 6.45) is 0. The fourth-order valence-corrected chi connectivity index (χ4v) is 1.26. The lowest BCUT2D eigenvalue weighted by Gasteiger charge is -1.98. The summed E-state index contributed by atoms with van der Waals surface area (Å²) in [5, 5.41) is 0.528. The lowest BCUT2D eigenvalue weighted by molar-refractivity contribution is 1.13. The zero-order valence-corrected chi connectivity index (χ0v) is 10.7. The number of hydrogen-bond acceptors (Lipinski definition) is 1. The Balaban J connectivity index is 0.000000280. The van der Waals surface area contributed by atoms with Gasteiger partial charge in [0.25, 0.3) is 0 Å². The standard InChI is InChI=1S/C12H10.C3H8S/c1-3-7-11(8-4-1)12-9-5-2-6-10-12;1-3(2)4/h1-10H;3-4H,1-2H3. The zero-order chi connectivity index (χ0) is 11.8. The predicted octanol–water partition coefficient (Wildman–Crippen LogP) is 4.68. The molecule has 16 heavy (non-hydrogen) atoms. The number of rotatable bonds is 1. The van der Waals surface area contributed by atoms with E-state index in [0.29, 0.717) is 5.25 Å². The van der Waals surface area contributed by atoms with Crippen molar-refractivity contribution >= 4 is 12.6 Å². The minimum Gasteiger partial charge on any atom is -0.177 e. The van der Waals surface area contributed by atoms with Gasteiger partial charge in [-0.3, -0.25) is 0 Å². The van der Waals surface area contributed by atoms with Crippen LogP contribution in [0.2, 0.25) is 0 Å². The van der Waals surface area contributed by atoms with Crippen molar-refractivity contribution in [2.45, 2.75) is 19.1 Å². The van der Waals surface area contributed by atoms with Crippen LogP contribution in [-0.2, 0) is 0 Å². The summed E-state index contributed by atoms with van der Waals surface area (Å²) in [4.78, 5) is 0. The maximum atomic E-state index is 3.97. The van der Waals surface area contributed by atoms with E-state index in [-0.39, 0.29) is 0 Å². The van der Waals surface area contributed by atoms with Crippen molar-refractivity contribution in [3.63, 3.8) is 0 Å². The van der Waals surface area contributed by atoms with E-state index in [1.54, 1.807) is 0 Å². The van der Waals surface area contributed by atoms with E-state index in [2.05, 4.69) is 61.2 Å². The molecule has 0 amide bonds. The molecule has 0 heterocycles. The van der Waals surface area contributed by atoms with Gasteiger partial charge in [-0.05, 0) is 16.4 Å². The summed E-state index contributed by atoms with van der Waals surface area (Å²) >= 11 is 3.97. The summed E-state index contributed by atoms with van der Waals surface area (Å²) in [5.41, 5.74) is 2.55. The van der Waals surface area contributed by atoms with Crippen LogP contribution in [0.4, 0.5) is 0 Å². The highest BCUT2D eigenvalue weighted by Gasteiger charge is 1.91. The molecule has 0 unspecified atom stereocenters. The molecule has 2 aromatic carbocycles. The molecule has 0 spiro atoms. The first-order valence-electron chi connectivity index (χ1n) is 5.48. The van der Waals surface area contributed by atoms with Crippen molar-refractivity contribution < 1.29 is 0 Å². The molecular formula is C15H18S. The van der Waals surface area contributed by atoms with Crippen LogP contribution in [0.15, 0.2) is 60.7 Å². The Labute approximate surface area is 104 Å². The fourth-order valence-electron chi connectivity index (χ4n) is 1.26. The van der Waals surface area contributed by atoms with Gasteiger partial charge in [-0.1, -0.05) is 74.5 Å². The Hall–Kier alpha value is -1.21. The zero-order valence-electron chi connectivity index (χ0n) is 9.80. The van der Waals surface area contributed by atoms with Crippen LogP contribution in [0.5, 0.6) is 0 Å². The van der Waals surface area contributed by atoms with Gasteiger partial charge in [0.2, 0.25) is 0 Å². The quantitative estimate of drug-likeness (QED) is 0.676. The lowest BCUT2D eigenvalue weighted by atomic mass is 10.1. The second-order valence-corrected chi connectivity index (χ2v) is 4.86. The topological polar surface area (TPSA) is 0 Å². The van der Waals surface area contributed by atoms with Crippen molar-refractivity contribution in [3.05, 3.63) is 60.7 Å². The van der Waals surface area contributed by atoms with Gasteiger partial charge < -0.3 is 0 Å². The van der Waals surface area contributed by atoms with Crippen LogP contribution in [-0.4, -0.2) is 5.25 Å². The molecular weight excluding hydrogens is 212 g/mol. The Morgan fingerprint density at radius 3 is 1.19 bits per heavy atom. The first kappa shape index (κ1) is 12.9. The van der Waals surface area contributed by atoms with Crippen LogP contribution in [0.1, 0.15) is 13.8 Å². The molecule has 2 rings (SSSR count). The SMILES string of the molecule is CC(C)S.c1ccc(-c2ccccc2)cc1. The number of thiol groups is 1. The third kappa shape index (κ3) is 5.04. The van der Waals surface area contributed by atoms with E-state index in [1.807, 2.05) is 26.0 Å². The Morgan fingerprint density at radius 1 is 0.688 bits per heavy atom. The third-order valence-electron chi connectivity index (χ3n) is 1.88. The molecule has 2 aromatic rings. The van der Waals surface area contributed by atoms with Crippen molar-refractivity contribution in [3.8, 4) is 11.1 Å². The van der Waals surface area contributed by atoms with E-state index < -0.39 is 0 Å². The average molecular weight is 230 g/mol. The second-order valence-electron chi connectivity index (χ2n) is 3.83. The van der Waals surface area contributed by atoms with Gasteiger partial charge >= 0.3 is 0 Å². The molecule has 84 valence electrons. The molecule has 0 saturated heterocycles. The first-order chi connectivity index (χ1) is 7.70. The highest BCUT2D eigenvalue weighted by atomic mass is 32.1. The van der Waals surface area contributed by atoms with Crippen molar-refractivity contribution in [1.82, 2.24) is 0 Å². The lowest BCUT2D eigenvalue weighted by Crippen LogP contribution is -1.73. The van der Waals surface area contributed by atoms with Crippen LogP contribution >= 0.6 is 12.6 Å². The van der Waals surface area contributed by atoms with Gasteiger partial charge in [-0.15, -0.1) is 0 Å². The maximum absolute atomic E-state index is 3.97. The molecule has 0 bridgehead atoms. The first-order valence-corrected chi connectivity index (χ1v) is 6.00. The Kier molecular flexibility index (Phi) is 5.73. The molecule has 1 heteroatoms. The largest absolute Gasteiger partial charge is 0.177 e. The molecule has 0 aromatic heterocycles. The van der Waals surface area contributed by atoms with E-state index >= 15 is 0 Å². The molecule has 0 N–H and O–H groups in total. The summed E-state index contributed by atoms with van der Waals surface area (Å²) < 4.78 is 0. The summed E-state index contributed by atoms with van der Waals surface area (Å²) in [5.74, 6) is 0. The summed E-state index contributed by atoms with van der Waals surface area (Å²) in [7, 11) is 0. The molecule has 0 aliphatic rings.